The fraction of sp³-hybridized carbons (Fsp3) is 0.700. The number of rotatable bonds is 4. The number of likely N-dealkylation sites (N-methyl/N-ethyl adjacent to an activating group) is 1. The van der Waals surface area contributed by atoms with Crippen LogP contribution in [0, 0.1) is 0 Å². The Bertz CT molecular complexity index is 191. The third-order valence-corrected chi connectivity index (χ3v) is 2.48. The number of hydrogen-bond donors (Lipinski definition) is 1. The molecule has 1 N–H and O–H groups in total. The predicted molar refractivity (Wildman–Crippen MR) is 53.5 cm³/mol. The highest BCUT2D eigenvalue weighted by atomic mass is 16.2. The van der Waals surface area contributed by atoms with E-state index in [9.17, 15) is 4.79 Å². The van der Waals surface area contributed by atoms with Crippen molar-refractivity contribution in [3.8, 4) is 0 Å². The molecule has 1 atom stereocenters. The van der Waals surface area contributed by atoms with Gasteiger partial charge in [-0.05, 0) is 26.3 Å². The van der Waals surface area contributed by atoms with E-state index in [1.807, 2.05) is 18.0 Å². The highest BCUT2D eigenvalue weighted by Crippen LogP contribution is 2.11. The second-order valence-corrected chi connectivity index (χ2v) is 3.39. The van der Waals surface area contributed by atoms with Crippen LogP contribution >= 0.6 is 0 Å². The van der Waals surface area contributed by atoms with E-state index in [2.05, 4.69) is 11.9 Å². The molecular formula is C10H18N2O. The van der Waals surface area contributed by atoms with E-state index in [-0.39, 0.29) is 11.9 Å². The van der Waals surface area contributed by atoms with Gasteiger partial charge in [0.2, 0.25) is 5.91 Å². The Labute approximate surface area is 79.8 Å². The molecule has 0 aromatic carbocycles. The molecule has 1 heterocycles. The molecular weight excluding hydrogens is 164 g/mol. The number of nitrogens with zero attached hydrogens (tertiary/aromatic N) is 1. The standard InChI is InChI=1S/C10H18N2O/c1-3-4-7-12-8-5-6-9(11-2)10(12)13/h3,9,11H,1,4-8H2,2H3. The van der Waals surface area contributed by atoms with Crippen molar-refractivity contribution in [2.45, 2.75) is 25.3 Å². The van der Waals surface area contributed by atoms with E-state index in [0.29, 0.717) is 0 Å². The normalized spacial score (nSPS) is 23.3. The lowest BCUT2D eigenvalue weighted by atomic mass is 10.0. The second kappa shape index (κ2) is 5.02. The summed E-state index contributed by atoms with van der Waals surface area (Å²) in [5.74, 6) is 0.246. The Hall–Kier alpha value is -0.830. The van der Waals surface area contributed by atoms with Gasteiger partial charge < -0.3 is 10.2 Å². The van der Waals surface area contributed by atoms with Crippen molar-refractivity contribution in [2.24, 2.45) is 0 Å². The van der Waals surface area contributed by atoms with Crippen LogP contribution in [0.15, 0.2) is 12.7 Å². The van der Waals surface area contributed by atoms with Crippen molar-refractivity contribution in [3.63, 3.8) is 0 Å². The second-order valence-electron chi connectivity index (χ2n) is 3.39. The van der Waals surface area contributed by atoms with E-state index in [1.54, 1.807) is 0 Å². The first kappa shape index (κ1) is 10.3. The molecule has 0 saturated carbocycles. The average Bonchev–Trinajstić information content (AvgIpc) is 2.16. The third-order valence-electron chi connectivity index (χ3n) is 2.48. The van der Waals surface area contributed by atoms with Gasteiger partial charge in [0.15, 0.2) is 0 Å². The van der Waals surface area contributed by atoms with Crippen LogP contribution in [0.1, 0.15) is 19.3 Å². The summed E-state index contributed by atoms with van der Waals surface area (Å²) in [4.78, 5) is 13.6. The fourth-order valence-corrected chi connectivity index (χ4v) is 1.68. The molecule has 1 amide bonds. The quantitative estimate of drug-likeness (QED) is 0.651. The minimum absolute atomic E-state index is 0.0403. The van der Waals surface area contributed by atoms with Gasteiger partial charge in [-0.15, -0.1) is 6.58 Å². The lowest BCUT2D eigenvalue weighted by Gasteiger charge is -2.31. The summed E-state index contributed by atoms with van der Waals surface area (Å²) >= 11 is 0. The summed E-state index contributed by atoms with van der Waals surface area (Å²) in [7, 11) is 1.85. The Kier molecular flexibility index (Phi) is 3.96. The topological polar surface area (TPSA) is 32.3 Å². The van der Waals surface area contributed by atoms with Crippen LogP contribution in [0.25, 0.3) is 0 Å². The number of piperidine rings is 1. The molecule has 1 unspecified atom stereocenters. The number of nitrogens with one attached hydrogen (secondary N) is 1. The monoisotopic (exact) mass is 182 g/mol. The minimum Gasteiger partial charge on any atom is -0.341 e. The molecule has 13 heavy (non-hydrogen) atoms. The van der Waals surface area contributed by atoms with Crippen molar-refractivity contribution in [2.75, 3.05) is 20.1 Å². The maximum Gasteiger partial charge on any atom is 0.239 e. The van der Waals surface area contributed by atoms with Gasteiger partial charge >= 0.3 is 0 Å². The van der Waals surface area contributed by atoms with E-state index in [0.717, 1.165) is 32.4 Å². The Morgan fingerprint density at radius 2 is 2.54 bits per heavy atom. The number of hydrogen-bond acceptors (Lipinski definition) is 2. The van der Waals surface area contributed by atoms with E-state index >= 15 is 0 Å². The van der Waals surface area contributed by atoms with Gasteiger partial charge in [0.1, 0.15) is 0 Å². The van der Waals surface area contributed by atoms with Gasteiger partial charge in [-0.25, -0.2) is 0 Å². The summed E-state index contributed by atoms with van der Waals surface area (Å²) in [5.41, 5.74) is 0. The van der Waals surface area contributed by atoms with Gasteiger partial charge in [0, 0.05) is 13.1 Å². The van der Waals surface area contributed by atoms with Crippen LogP contribution in [0.4, 0.5) is 0 Å². The predicted octanol–water partition coefficient (Wildman–Crippen LogP) is 0.773. The zero-order valence-corrected chi connectivity index (χ0v) is 8.25. The average molecular weight is 182 g/mol. The van der Waals surface area contributed by atoms with E-state index in [4.69, 9.17) is 0 Å². The lowest BCUT2D eigenvalue weighted by molar-refractivity contribution is -0.135. The molecule has 74 valence electrons. The molecule has 1 aliphatic heterocycles. The molecule has 0 aliphatic carbocycles. The molecule has 3 nitrogen and oxygen atoms in total. The highest BCUT2D eigenvalue weighted by Gasteiger charge is 2.26. The molecule has 1 aliphatic rings. The van der Waals surface area contributed by atoms with Crippen LogP contribution in [0.5, 0.6) is 0 Å². The van der Waals surface area contributed by atoms with Crippen molar-refractivity contribution in [1.29, 1.82) is 0 Å². The maximum absolute atomic E-state index is 11.7. The summed E-state index contributed by atoms with van der Waals surface area (Å²) in [6, 6.07) is 0.0403. The largest absolute Gasteiger partial charge is 0.341 e. The molecule has 1 rings (SSSR count). The van der Waals surface area contributed by atoms with E-state index in [1.165, 1.54) is 0 Å². The van der Waals surface area contributed by atoms with Crippen LogP contribution in [-0.4, -0.2) is 37.0 Å². The molecule has 0 radical (unpaired) electrons. The van der Waals surface area contributed by atoms with Crippen molar-refractivity contribution in [3.05, 3.63) is 12.7 Å². The smallest absolute Gasteiger partial charge is 0.239 e. The van der Waals surface area contributed by atoms with Crippen LogP contribution in [-0.2, 0) is 4.79 Å². The molecule has 3 heteroatoms. The Morgan fingerprint density at radius 1 is 1.77 bits per heavy atom. The van der Waals surface area contributed by atoms with Gasteiger partial charge in [0.25, 0.3) is 0 Å². The minimum atomic E-state index is 0.0403. The number of carbonyl (C=O) groups is 1. The van der Waals surface area contributed by atoms with Crippen LogP contribution < -0.4 is 5.32 Å². The molecule has 1 saturated heterocycles. The van der Waals surface area contributed by atoms with Gasteiger partial charge in [-0.2, -0.15) is 0 Å². The van der Waals surface area contributed by atoms with Crippen molar-refractivity contribution < 1.29 is 4.79 Å². The summed E-state index contributed by atoms with van der Waals surface area (Å²) in [5, 5.41) is 3.04. The highest BCUT2D eigenvalue weighted by molar-refractivity contribution is 5.82. The zero-order chi connectivity index (χ0) is 9.68. The first-order valence-corrected chi connectivity index (χ1v) is 4.86. The molecule has 0 spiro atoms. The SMILES string of the molecule is C=CCCN1CCCC(NC)C1=O. The third kappa shape index (κ3) is 2.56. The van der Waals surface area contributed by atoms with Crippen molar-refractivity contribution in [1.82, 2.24) is 10.2 Å². The molecule has 0 aromatic rings. The Balaban J connectivity index is 2.44. The fourth-order valence-electron chi connectivity index (χ4n) is 1.68. The molecule has 0 aromatic heterocycles. The van der Waals surface area contributed by atoms with Crippen LogP contribution in [0.3, 0.4) is 0 Å². The zero-order valence-electron chi connectivity index (χ0n) is 8.25. The lowest BCUT2D eigenvalue weighted by Crippen LogP contribution is -2.49. The van der Waals surface area contributed by atoms with Gasteiger partial charge in [-0.3, -0.25) is 4.79 Å². The summed E-state index contributed by atoms with van der Waals surface area (Å²) in [6.07, 6.45) is 4.83. The van der Waals surface area contributed by atoms with Gasteiger partial charge in [-0.1, -0.05) is 6.08 Å². The molecule has 1 fully saturated rings. The van der Waals surface area contributed by atoms with Crippen LogP contribution in [0.2, 0.25) is 0 Å². The number of likely N-dealkylation sites (tertiary alicyclic amines) is 1. The summed E-state index contributed by atoms with van der Waals surface area (Å²) in [6.45, 7) is 5.38. The summed E-state index contributed by atoms with van der Waals surface area (Å²) < 4.78 is 0. The number of amides is 1. The Morgan fingerprint density at radius 3 is 3.15 bits per heavy atom. The van der Waals surface area contributed by atoms with Crippen molar-refractivity contribution >= 4 is 5.91 Å². The first-order valence-electron chi connectivity index (χ1n) is 4.86. The maximum atomic E-state index is 11.7. The molecule has 0 bridgehead atoms. The first-order chi connectivity index (χ1) is 6.29. The number of carbonyl (C=O) groups excluding carboxylic acids is 1. The van der Waals surface area contributed by atoms with Gasteiger partial charge in [0.05, 0.1) is 6.04 Å². The van der Waals surface area contributed by atoms with E-state index < -0.39 is 0 Å².